The number of benzene rings is 3. The molecular formula is C26H27ClN2O2S. The van der Waals surface area contributed by atoms with Crippen LogP contribution in [0.25, 0.3) is 0 Å². The zero-order valence-corrected chi connectivity index (χ0v) is 19.6. The molecule has 0 saturated heterocycles. The number of nitrogens with one attached hydrogen (secondary N) is 1. The molecule has 0 aliphatic heterocycles. The normalized spacial score (nSPS) is 11.6. The van der Waals surface area contributed by atoms with Crippen molar-refractivity contribution in [2.75, 3.05) is 12.8 Å². The summed E-state index contributed by atoms with van der Waals surface area (Å²) < 4.78 is 0. The largest absolute Gasteiger partial charge is 0.357 e. The summed E-state index contributed by atoms with van der Waals surface area (Å²) in [6.45, 7) is 0.340. The van der Waals surface area contributed by atoms with Crippen molar-refractivity contribution in [2.24, 2.45) is 0 Å². The van der Waals surface area contributed by atoms with Crippen molar-refractivity contribution in [3.8, 4) is 0 Å². The van der Waals surface area contributed by atoms with E-state index < -0.39 is 6.04 Å². The Balaban J connectivity index is 1.80. The first-order valence-corrected chi connectivity index (χ1v) is 12.0. The minimum Gasteiger partial charge on any atom is -0.357 e. The second kappa shape index (κ2) is 12.3. The Hall–Kier alpha value is -2.76. The fraction of sp³-hybridized carbons (Fsp3) is 0.231. The van der Waals surface area contributed by atoms with E-state index in [0.717, 1.165) is 16.9 Å². The third kappa shape index (κ3) is 7.14. The summed E-state index contributed by atoms with van der Waals surface area (Å²) in [6, 6.07) is 26.6. The first kappa shape index (κ1) is 23.9. The van der Waals surface area contributed by atoms with Gasteiger partial charge in [0.1, 0.15) is 6.04 Å². The van der Waals surface area contributed by atoms with Gasteiger partial charge in [-0.2, -0.15) is 0 Å². The second-order valence-electron chi connectivity index (χ2n) is 7.45. The van der Waals surface area contributed by atoms with Gasteiger partial charge in [0.15, 0.2) is 0 Å². The maximum atomic E-state index is 13.4. The Bertz CT molecular complexity index is 997. The molecule has 0 heterocycles. The van der Waals surface area contributed by atoms with Crippen molar-refractivity contribution < 1.29 is 9.59 Å². The molecule has 166 valence electrons. The lowest BCUT2D eigenvalue weighted by molar-refractivity contribution is -0.139. The summed E-state index contributed by atoms with van der Waals surface area (Å²) in [5.74, 6) is 0.796. The van der Waals surface area contributed by atoms with Crippen molar-refractivity contribution >= 4 is 35.2 Å². The molecule has 0 aromatic heterocycles. The highest BCUT2D eigenvalue weighted by Crippen LogP contribution is 2.19. The topological polar surface area (TPSA) is 49.4 Å². The summed E-state index contributed by atoms with van der Waals surface area (Å²) in [6.07, 6.45) is 0.448. The van der Waals surface area contributed by atoms with Crippen LogP contribution in [0.2, 0.25) is 5.02 Å². The average molecular weight is 467 g/mol. The molecule has 4 nitrogen and oxygen atoms in total. The Morgan fingerprint density at radius 1 is 0.875 bits per heavy atom. The number of rotatable bonds is 10. The molecule has 3 aromatic rings. The summed E-state index contributed by atoms with van der Waals surface area (Å²) >= 11 is 7.59. The van der Waals surface area contributed by atoms with E-state index in [1.807, 2.05) is 72.8 Å². The number of carbonyl (C=O) groups is 2. The predicted octanol–water partition coefficient (Wildman–Crippen LogP) is 4.96. The summed E-state index contributed by atoms with van der Waals surface area (Å²) in [5, 5.41) is 3.37. The maximum absolute atomic E-state index is 13.4. The van der Waals surface area contributed by atoms with Crippen molar-refractivity contribution in [3.05, 3.63) is 107 Å². The van der Waals surface area contributed by atoms with E-state index in [1.165, 1.54) is 5.56 Å². The van der Waals surface area contributed by atoms with Gasteiger partial charge in [0, 0.05) is 30.8 Å². The standard InChI is InChI=1S/C26H27ClN2O2S/c1-28-26(31)24(16-20-8-4-2-5-9-20)29(17-21-12-14-23(27)15-13-21)25(30)19-32-18-22-10-6-3-7-11-22/h2-15,24H,16-19H2,1H3,(H,28,31)/t24-/m1/s1. The summed E-state index contributed by atoms with van der Waals surface area (Å²) in [5.41, 5.74) is 3.10. The Morgan fingerprint density at radius 3 is 2.06 bits per heavy atom. The van der Waals surface area contributed by atoms with Gasteiger partial charge < -0.3 is 10.2 Å². The Kier molecular flexibility index (Phi) is 9.20. The molecule has 0 unspecified atom stereocenters. The lowest BCUT2D eigenvalue weighted by atomic mass is 10.0. The van der Waals surface area contributed by atoms with E-state index >= 15 is 0 Å². The van der Waals surface area contributed by atoms with Gasteiger partial charge in [-0.15, -0.1) is 11.8 Å². The average Bonchev–Trinajstić information content (AvgIpc) is 2.83. The molecule has 0 saturated carbocycles. The third-order valence-corrected chi connectivity index (χ3v) is 6.36. The number of hydrogen-bond donors (Lipinski definition) is 1. The Morgan fingerprint density at radius 2 is 1.47 bits per heavy atom. The molecular weight excluding hydrogens is 440 g/mol. The first-order valence-electron chi connectivity index (χ1n) is 10.5. The van der Waals surface area contributed by atoms with Crippen LogP contribution in [0, 0.1) is 0 Å². The number of hydrogen-bond acceptors (Lipinski definition) is 3. The number of likely N-dealkylation sites (N-methyl/N-ethyl adjacent to an activating group) is 1. The molecule has 3 rings (SSSR count). The summed E-state index contributed by atoms with van der Waals surface area (Å²) in [7, 11) is 1.61. The fourth-order valence-corrected chi connectivity index (χ4v) is 4.42. The lowest BCUT2D eigenvalue weighted by Crippen LogP contribution is -2.50. The molecule has 32 heavy (non-hydrogen) atoms. The number of halogens is 1. The number of nitrogens with zero attached hydrogens (tertiary/aromatic N) is 1. The minimum absolute atomic E-state index is 0.0644. The molecule has 0 bridgehead atoms. The molecule has 0 aliphatic rings. The monoisotopic (exact) mass is 466 g/mol. The molecule has 0 spiro atoms. The lowest BCUT2D eigenvalue weighted by Gasteiger charge is -2.31. The van der Waals surface area contributed by atoms with Gasteiger partial charge in [-0.05, 0) is 28.8 Å². The molecule has 3 aromatic carbocycles. The van der Waals surface area contributed by atoms with Crippen LogP contribution in [0.3, 0.4) is 0 Å². The van der Waals surface area contributed by atoms with Crippen LogP contribution < -0.4 is 5.32 Å². The predicted molar refractivity (Wildman–Crippen MR) is 133 cm³/mol. The van der Waals surface area contributed by atoms with E-state index in [9.17, 15) is 9.59 Å². The van der Waals surface area contributed by atoms with E-state index in [4.69, 9.17) is 11.6 Å². The van der Waals surface area contributed by atoms with Gasteiger partial charge in [0.25, 0.3) is 0 Å². The minimum atomic E-state index is -0.608. The fourth-order valence-electron chi connectivity index (χ4n) is 3.42. The van der Waals surface area contributed by atoms with Gasteiger partial charge in [-0.25, -0.2) is 0 Å². The molecule has 0 fully saturated rings. The molecule has 1 N–H and O–H groups in total. The third-order valence-electron chi connectivity index (χ3n) is 5.12. The number of thioether (sulfide) groups is 1. The van der Waals surface area contributed by atoms with Gasteiger partial charge in [-0.1, -0.05) is 84.4 Å². The second-order valence-corrected chi connectivity index (χ2v) is 8.87. The smallest absolute Gasteiger partial charge is 0.242 e. The van der Waals surface area contributed by atoms with Crippen LogP contribution in [-0.4, -0.2) is 35.6 Å². The van der Waals surface area contributed by atoms with Crippen LogP contribution in [0.1, 0.15) is 16.7 Å². The molecule has 2 amide bonds. The zero-order chi connectivity index (χ0) is 22.8. The van der Waals surface area contributed by atoms with Crippen molar-refractivity contribution in [2.45, 2.75) is 24.8 Å². The van der Waals surface area contributed by atoms with Crippen LogP contribution in [0.15, 0.2) is 84.9 Å². The quantitative estimate of drug-likeness (QED) is 0.459. The highest BCUT2D eigenvalue weighted by molar-refractivity contribution is 7.99. The van der Waals surface area contributed by atoms with Crippen LogP contribution >= 0.6 is 23.4 Å². The van der Waals surface area contributed by atoms with E-state index in [1.54, 1.807) is 35.8 Å². The van der Waals surface area contributed by atoms with Gasteiger partial charge in [0.05, 0.1) is 5.75 Å². The molecule has 6 heteroatoms. The maximum Gasteiger partial charge on any atom is 0.242 e. The zero-order valence-electron chi connectivity index (χ0n) is 18.0. The van der Waals surface area contributed by atoms with Crippen molar-refractivity contribution in [1.29, 1.82) is 0 Å². The van der Waals surface area contributed by atoms with E-state index in [2.05, 4.69) is 5.32 Å². The highest BCUT2D eigenvalue weighted by atomic mass is 35.5. The first-order chi connectivity index (χ1) is 15.6. The van der Waals surface area contributed by atoms with E-state index in [-0.39, 0.29) is 11.8 Å². The van der Waals surface area contributed by atoms with Crippen molar-refractivity contribution in [3.63, 3.8) is 0 Å². The highest BCUT2D eigenvalue weighted by Gasteiger charge is 2.29. The molecule has 0 radical (unpaired) electrons. The number of carbonyl (C=O) groups excluding carboxylic acids is 2. The van der Waals surface area contributed by atoms with Gasteiger partial charge >= 0.3 is 0 Å². The van der Waals surface area contributed by atoms with Gasteiger partial charge in [-0.3, -0.25) is 9.59 Å². The Labute approximate surface area is 199 Å². The van der Waals surface area contributed by atoms with Crippen LogP contribution in [0.4, 0.5) is 0 Å². The van der Waals surface area contributed by atoms with Crippen LogP contribution in [0.5, 0.6) is 0 Å². The summed E-state index contributed by atoms with van der Waals surface area (Å²) in [4.78, 5) is 27.9. The van der Waals surface area contributed by atoms with E-state index in [0.29, 0.717) is 23.7 Å². The van der Waals surface area contributed by atoms with Crippen LogP contribution in [-0.2, 0) is 28.3 Å². The van der Waals surface area contributed by atoms with Gasteiger partial charge in [0.2, 0.25) is 11.8 Å². The SMILES string of the molecule is CNC(=O)[C@@H](Cc1ccccc1)N(Cc1ccc(Cl)cc1)C(=O)CSCc1ccccc1. The molecule has 0 aliphatic carbocycles. The molecule has 1 atom stereocenters. The van der Waals surface area contributed by atoms with Crippen molar-refractivity contribution in [1.82, 2.24) is 10.2 Å². The number of amides is 2.